The number of hydrogen-bond donors (Lipinski definition) is 1. The zero-order valence-electron chi connectivity index (χ0n) is 17.7. The molecule has 32 heavy (non-hydrogen) atoms. The third kappa shape index (κ3) is 5.02. The molecule has 2 aliphatic rings. The summed E-state index contributed by atoms with van der Waals surface area (Å²) < 4.78 is 73.9. The van der Waals surface area contributed by atoms with Crippen LogP contribution in [0.5, 0.6) is 0 Å². The maximum atomic E-state index is 13.9. The van der Waals surface area contributed by atoms with E-state index < -0.39 is 65.0 Å². The molecule has 1 saturated carbocycles. The summed E-state index contributed by atoms with van der Waals surface area (Å²) in [5.41, 5.74) is -4.71. The van der Waals surface area contributed by atoms with Gasteiger partial charge in [0.25, 0.3) is 5.91 Å². The number of oxime groups is 1. The number of ether oxygens (including phenoxy) is 1. The molecule has 0 saturated heterocycles. The van der Waals surface area contributed by atoms with E-state index in [1.807, 2.05) is 0 Å². The second-order valence-electron chi connectivity index (χ2n) is 9.00. The summed E-state index contributed by atoms with van der Waals surface area (Å²) in [6.07, 6.45) is -5.45. The van der Waals surface area contributed by atoms with E-state index >= 15 is 0 Å². The minimum absolute atomic E-state index is 0.122. The van der Waals surface area contributed by atoms with Gasteiger partial charge in [0.05, 0.1) is 18.1 Å². The van der Waals surface area contributed by atoms with Gasteiger partial charge in [-0.05, 0) is 52.2 Å². The van der Waals surface area contributed by atoms with Gasteiger partial charge in [0, 0.05) is 17.7 Å². The molecule has 3 rings (SSSR count). The monoisotopic (exact) mass is 462 g/mol. The number of hydrogen-bond acceptors (Lipinski definition) is 5. The van der Waals surface area contributed by atoms with Crippen molar-refractivity contribution in [2.45, 2.75) is 69.9 Å². The molecule has 1 aromatic carbocycles. The summed E-state index contributed by atoms with van der Waals surface area (Å²) in [6.45, 7) is 5.10. The third-order valence-corrected chi connectivity index (χ3v) is 5.26. The minimum Gasteiger partial charge on any atom is -0.460 e. The maximum absolute atomic E-state index is 13.9. The normalized spacial score (nSPS) is 25.8. The van der Waals surface area contributed by atoms with Gasteiger partial charge in [-0.15, -0.1) is 0 Å². The van der Waals surface area contributed by atoms with Crippen molar-refractivity contribution in [3.05, 3.63) is 35.4 Å². The highest BCUT2D eigenvalue weighted by molar-refractivity contribution is 6.05. The van der Waals surface area contributed by atoms with E-state index in [1.165, 1.54) is 0 Å². The molecule has 11 heteroatoms. The van der Waals surface area contributed by atoms with Crippen LogP contribution in [0.15, 0.2) is 23.4 Å². The van der Waals surface area contributed by atoms with Crippen LogP contribution in [0.3, 0.4) is 0 Å². The highest BCUT2D eigenvalue weighted by Crippen LogP contribution is 2.42. The summed E-state index contributed by atoms with van der Waals surface area (Å²) in [4.78, 5) is 29.5. The molecule has 6 nitrogen and oxygen atoms in total. The molecular weight excluding hydrogens is 439 g/mol. The molecular formula is C21H23F5N2O4. The van der Waals surface area contributed by atoms with Crippen molar-refractivity contribution < 1.29 is 41.1 Å². The van der Waals surface area contributed by atoms with Crippen LogP contribution in [0, 0.1) is 17.6 Å². The first-order valence-electron chi connectivity index (χ1n) is 10.0. The van der Waals surface area contributed by atoms with Crippen molar-refractivity contribution in [2.24, 2.45) is 11.1 Å². The van der Waals surface area contributed by atoms with Crippen LogP contribution in [0.25, 0.3) is 0 Å². The van der Waals surface area contributed by atoms with E-state index in [1.54, 1.807) is 20.8 Å². The summed E-state index contributed by atoms with van der Waals surface area (Å²) in [7, 11) is 0. The lowest BCUT2D eigenvalue weighted by molar-refractivity contribution is -0.259. The molecule has 1 aliphatic carbocycles. The Morgan fingerprint density at radius 2 is 1.75 bits per heavy atom. The van der Waals surface area contributed by atoms with Crippen LogP contribution in [-0.4, -0.2) is 41.0 Å². The van der Waals surface area contributed by atoms with Crippen molar-refractivity contribution in [3.8, 4) is 0 Å². The van der Waals surface area contributed by atoms with Gasteiger partial charge in [0.15, 0.2) is 0 Å². The van der Waals surface area contributed by atoms with Gasteiger partial charge in [-0.3, -0.25) is 9.59 Å². The predicted molar refractivity (Wildman–Crippen MR) is 102 cm³/mol. The number of halogens is 5. The number of rotatable bonds is 4. The number of nitrogens with one attached hydrogen (secondary N) is 1. The fourth-order valence-corrected chi connectivity index (χ4v) is 3.72. The average Bonchev–Trinajstić information content (AvgIpc) is 3.26. The topological polar surface area (TPSA) is 77.0 Å². The summed E-state index contributed by atoms with van der Waals surface area (Å²) >= 11 is 0. The number of benzene rings is 1. The SMILES string of the molecule is CC(C)(C)OC(=O)[C@@H]1CC[C@H](NC(=O)[C@@]2(C(F)(F)F)CC(c3cc(F)cc(F)c3)=NO2)C1. The molecule has 0 unspecified atom stereocenters. The first-order chi connectivity index (χ1) is 14.7. The number of amides is 1. The van der Waals surface area contributed by atoms with Crippen LogP contribution in [0.4, 0.5) is 22.0 Å². The Labute approximate surface area is 181 Å². The number of carbonyl (C=O) groups excluding carboxylic acids is 2. The maximum Gasteiger partial charge on any atom is 0.440 e. The Morgan fingerprint density at radius 3 is 2.31 bits per heavy atom. The summed E-state index contributed by atoms with van der Waals surface area (Å²) in [5.74, 6) is -4.51. The Morgan fingerprint density at radius 1 is 1.12 bits per heavy atom. The number of carbonyl (C=O) groups is 2. The van der Waals surface area contributed by atoms with Crippen molar-refractivity contribution in [2.75, 3.05) is 0 Å². The van der Waals surface area contributed by atoms with Crippen LogP contribution >= 0.6 is 0 Å². The fourth-order valence-electron chi connectivity index (χ4n) is 3.72. The number of nitrogens with zero attached hydrogens (tertiary/aromatic N) is 1. The predicted octanol–water partition coefficient (Wildman–Crippen LogP) is 4.02. The fraction of sp³-hybridized carbons (Fsp3) is 0.571. The minimum atomic E-state index is -5.16. The largest absolute Gasteiger partial charge is 0.460 e. The second-order valence-corrected chi connectivity index (χ2v) is 9.00. The molecule has 1 amide bonds. The zero-order valence-corrected chi connectivity index (χ0v) is 17.7. The lowest BCUT2D eigenvalue weighted by atomic mass is 9.92. The summed E-state index contributed by atoms with van der Waals surface area (Å²) in [6, 6.07) is 1.47. The molecule has 0 radical (unpaired) electrons. The molecule has 1 aliphatic heterocycles. The first-order valence-corrected chi connectivity index (χ1v) is 10.0. The molecule has 176 valence electrons. The lowest BCUT2D eigenvalue weighted by Crippen LogP contribution is -2.58. The first kappa shape index (κ1) is 23.9. The van der Waals surface area contributed by atoms with Crippen LogP contribution < -0.4 is 5.32 Å². The lowest BCUT2D eigenvalue weighted by Gasteiger charge is -2.29. The van der Waals surface area contributed by atoms with E-state index in [9.17, 15) is 31.5 Å². The molecule has 0 bridgehead atoms. The van der Waals surface area contributed by atoms with Gasteiger partial charge in [0.1, 0.15) is 17.2 Å². The number of esters is 1. The van der Waals surface area contributed by atoms with E-state index in [4.69, 9.17) is 4.74 Å². The van der Waals surface area contributed by atoms with E-state index in [-0.39, 0.29) is 18.4 Å². The zero-order chi connectivity index (χ0) is 23.9. The Hall–Kier alpha value is -2.72. The average molecular weight is 462 g/mol. The molecule has 1 N–H and O–H groups in total. The quantitative estimate of drug-likeness (QED) is 0.542. The van der Waals surface area contributed by atoms with Crippen LogP contribution in [-0.2, 0) is 19.2 Å². The molecule has 3 atom stereocenters. The van der Waals surface area contributed by atoms with E-state index in [2.05, 4.69) is 15.3 Å². The molecule has 1 aromatic rings. The van der Waals surface area contributed by atoms with Crippen molar-refractivity contribution in [3.63, 3.8) is 0 Å². The van der Waals surface area contributed by atoms with E-state index in [0.717, 1.165) is 12.1 Å². The Bertz CT molecular complexity index is 921. The molecule has 0 aromatic heterocycles. The number of alkyl halides is 3. The van der Waals surface area contributed by atoms with Gasteiger partial charge in [0.2, 0.25) is 0 Å². The molecule has 1 heterocycles. The van der Waals surface area contributed by atoms with Crippen LogP contribution in [0.1, 0.15) is 52.0 Å². The standard InChI is InChI=1S/C21H23F5N2O4/c1-19(2,3)31-17(29)11-4-5-15(8-11)27-18(30)20(21(24,25)26)10-16(28-32-20)12-6-13(22)9-14(23)7-12/h6-7,9,11,15H,4-5,8,10H2,1-3H3,(H,27,30)/t11-,15+,20-/m1/s1. The second kappa shape index (κ2) is 8.32. The van der Waals surface area contributed by atoms with Gasteiger partial charge >= 0.3 is 17.7 Å². The Kier molecular flexibility index (Phi) is 6.23. The van der Waals surface area contributed by atoms with Gasteiger partial charge < -0.3 is 14.9 Å². The van der Waals surface area contributed by atoms with Crippen molar-refractivity contribution in [1.82, 2.24) is 5.32 Å². The highest BCUT2D eigenvalue weighted by Gasteiger charge is 2.67. The smallest absolute Gasteiger partial charge is 0.440 e. The van der Waals surface area contributed by atoms with Crippen molar-refractivity contribution in [1.29, 1.82) is 0 Å². The van der Waals surface area contributed by atoms with Gasteiger partial charge in [-0.1, -0.05) is 5.16 Å². The summed E-state index contributed by atoms with van der Waals surface area (Å²) in [5, 5.41) is 5.61. The van der Waals surface area contributed by atoms with Gasteiger partial charge in [-0.2, -0.15) is 13.2 Å². The van der Waals surface area contributed by atoms with Gasteiger partial charge in [-0.25, -0.2) is 8.78 Å². The molecule has 0 spiro atoms. The molecule has 1 fully saturated rings. The Balaban J connectivity index is 1.71. The highest BCUT2D eigenvalue weighted by atomic mass is 19.4. The third-order valence-electron chi connectivity index (χ3n) is 5.26. The van der Waals surface area contributed by atoms with Crippen molar-refractivity contribution >= 4 is 17.6 Å². The van der Waals surface area contributed by atoms with E-state index in [0.29, 0.717) is 12.5 Å². The van der Waals surface area contributed by atoms with Crippen LogP contribution in [0.2, 0.25) is 0 Å².